The Hall–Kier alpha value is -2.12. The Balaban J connectivity index is 2.15. The topological polar surface area (TPSA) is 97.1 Å². The molecule has 2 rings (SSSR count). The lowest BCUT2D eigenvalue weighted by Crippen LogP contribution is -2.18. The molecule has 112 valence electrons. The van der Waals surface area contributed by atoms with E-state index in [4.69, 9.17) is 5.73 Å². The van der Waals surface area contributed by atoms with Gasteiger partial charge < -0.3 is 11.1 Å². The Morgan fingerprint density at radius 1 is 1.24 bits per heavy atom. The first-order chi connectivity index (χ1) is 9.92. The Kier molecular flexibility index (Phi) is 4.44. The molecule has 4 N–H and O–H groups in total. The summed E-state index contributed by atoms with van der Waals surface area (Å²) in [5.74, 6) is 0. The third-order valence-electron chi connectivity index (χ3n) is 3.01. The first-order valence-corrected chi connectivity index (χ1v) is 7.90. The Morgan fingerprint density at radius 2 is 2.00 bits per heavy atom. The number of nitrogens with two attached hydrogens (primary N) is 1. The fraction of sp³-hybridized carbons (Fsp3) is 0.214. The second-order valence-corrected chi connectivity index (χ2v) is 6.47. The van der Waals surface area contributed by atoms with E-state index in [-0.39, 0.29) is 4.90 Å². The van der Waals surface area contributed by atoms with Gasteiger partial charge in [0.2, 0.25) is 10.0 Å². The van der Waals surface area contributed by atoms with Crippen LogP contribution in [0.2, 0.25) is 0 Å². The highest BCUT2D eigenvalue weighted by atomic mass is 32.2. The Bertz CT molecular complexity index is 744. The molecule has 0 atom stereocenters. The van der Waals surface area contributed by atoms with Gasteiger partial charge in [0.1, 0.15) is 0 Å². The number of benzene rings is 1. The van der Waals surface area contributed by atoms with Crippen molar-refractivity contribution in [3.05, 3.63) is 47.8 Å². The van der Waals surface area contributed by atoms with E-state index in [0.29, 0.717) is 17.9 Å². The molecular weight excluding hydrogens is 288 g/mol. The zero-order valence-electron chi connectivity index (χ0n) is 11.9. The van der Waals surface area contributed by atoms with Crippen LogP contribution in [0.25, 0.3) is 0 Å². The monoisotopic (exact) mass is 306 g/mol. The van der Waals surface area contributed by atoms with E-state index in [0.717, 1.165) is 11.4 Å². The van der Waals surface area contributed by atoms with Gasteiger partial charge >= 0.3 is 0 Å². The minimum absolute atomic E-state index is 0.140. The molecule has 1 aromatic heterocycles. The number of aryl methyl sites for hydroxylation is 1. The molecule has 0 spiro atoms. The summed E-state index contributed by atoms with van der Waals surface area (Å²) in [6.45, 7) is 2.44. The van der Waals surface area contributed by atoms with E-state index in [1.807, 2.05) is 25.1 Å². The van der Waals surface area contributed by atoms with Crippen molar-refractivity contribution < 1.29 is 8.42 Å². The van der Waals surface area contributed by atoms with Crippen LogP contribution < -0.4 is 15.8 Å². The molecule has 1 aromatic carbocycles. The molecule has 0 bridgehead atoms. The van der Waals surface area contributed by atoms with E-state index in [1.54, 1.807) is 6.07 Å². The van der Waals surface area contributed by atoms with Crippen LogP contribution in [0.1, 0.15) is 11.4 Å². The number of nitrogen functional groups attached to an aromatic ring is 1. The summed E-state index contributed by atoms with van der Waals surface area (Å²) >= 11 is 0. The van der Waals surface area contributed by atoms with Gasteiger partial charge in [0.15, 0.2) is 0 Å². The summed E-state index contributed by atoms with van der Waals surface area (Å²) in [7, 11) is -2.12. The minimum Gasteiger partial charge on any atom is -0.397 e. The van der Waals surface area contributed by atoms with Crippen molar-refractivity contribution in [1.29, 1.82) is 0 Å². The highest BCUT2D eigenvalue weighted by Crippen LogP contribution is 2.22. The van der Waals surface area contributed by atoms with Crippen molar-refractivity contribution >= 4 is 21.4 Å². The lowest BCUT2D eigenvalue weighted by Gasteiger charge is -2.11. The zero-order valence-corrected chi connectivity index (χ0v) is 12.7. The zero-order chi connectivity index (χ0) is 15.5. The number of sulfonamides is 1. The Morgan fingerprint density at radius 3 is 2.62 bits per heavy atom. The molecule has 6 nitrogen and oxygen atoms in total. The quantitative estimate of drug-likeness (QED) is 0.727. The van der Waals surface area contributed by atoms with E-state index >= 15 is 0 Å². The van der Waals surface area contributed by atoms with Gasteiger partial charge in [0, 0.05) is 5.69 Å². The van der Waals surface area contributed by atoms with Gasteiger partial charge in [-0.25, -0.2) is 13.1 Å². The first-order valence-electron chi connectivity index (χ1n) is 6.42. The van der Waals surface area contributed by atoms with Gasteiger partial charge in [-0.05, 0) is 44.3 Å². The van der Waals surface area contributed by atoms with E-state index in [9.17, 15) is 8.42 Å². The summed E-state index contributed by atoms with van der Waals surface area (Å²) in [6, 6.07) is 10.4. The third kappa shape index (κ3) is 3.71. The number of nitrogens with zero attached hydrogens (tertiary/aromatic N) is 1. The molecule has 0 aliphatic carbocycles. The number of hydrogen-bond donors (Lipinski definition) is 3. The van der Waals surface area contributed by atoms with E-state index < -0.39 is 10.0 Å². The molecule has 0 unspecified atom stereocenters. The molecule has 0 saturated carbocycles. The number of rotatable bonds is 5. The van der Waals surface area contributed by atoms with Gasteiger partial charge in [-0.3, -0.25) is 4.98 Å². The van der Waals surface area contributed by atoms with Crippen LogP contribution in [0.5, 0.6) is 0 Å². The van der Waals surface area contributed by atoms with Crippen LogP contribution in [0.15, 0.2) is 41.3 Å². The number of anilines is 2. The average Bonchev–Trinajstić information content (AvgIpc) is 2.46. The minimum atomic E-state index is -3.48. The highest BCUT2D eigenvalue weighted by molar-refractivity contribution is 7.89. The number of hydrogen-bond acceptors (Lipinski definition) is 5. The lowest BCUT2D eigenvalue weighted by molar-refractivity contribution is 0.588. The van der Waals surface area contributed by atoms with Crippen molar-refractivity contribution in [2.24, 2.45) is 0 Å². The van der Waals surface area contributed by atoms with E-state index in [1.165, 1.54) is 19.2 Å². The molecule has 1 heterocycles. The van der Waals surface area contributed by atoms with Crippen molar-refractivity contribution in [3.8, 4) is 0 Å². The predicted octanol–water partition coefficient (Wildman–Crippen LogP) is 1.49. The Labute approximate surface area is 124 Å². The summed E-state index contributed by atoms with van der Waals surface area (Å²) in [5, 5.41) is 3.15. The standard InChI is InChI=1S/C14H18N4O2S/c1-10-4-3-5-11(18-10)9-17-14-7-6-12(8-13(14)15)21(19,20)16-2/h3-8,16-17H,9,15H2,1-2H3. The molecule has 0 fully saturated rings. The number of nitrogens with one attached hydrogen (secondary N) is 2. The highest BCUT2D eigenvalue weighted by Gasteiger charge is 2.12. The molecule has 0 radical (unpaired) electrons. The van der Waals surface area contributed by atoms with Crippen LogP contribution in [0.4, 0.5) is 11.4 Å². The molecule has 0 aliphatic rings. The summed E-state index contributed by atoms with van der Waals surface area (Å²) in [5.41, 5.74) is 8.77. The van der Waals surface area contributed by atoms with Crippen LogP contribution in [-0.2, 0) is 16.6 Å². The predicted molar refractivity (Wildman–Crippen MR) is 83.4 cm³/mol. The SMILES string of the molecule is CNS(=O)(=O)c1ccc(NCc2cccc(C)n2)c(N)c1. The molecule has 7 heteroatoms. The molecule has 0 aliphatic heterocycles. The third-order valence-corrected chi connectivity index (χ3v) is 4.42. The molecule has 21 heavy (non-hydrogen) atoms. The van der Waals surface area contributed by atoms with Gasteiger partial charge in [-0.2, -0.15) is 0 Å². The summed E-state index contributed by atoms with van der Waals surface area (Å²) < 4.78 is 25.6. The van der Waals surface area contributed by atoms with Crippen molar-refractivity contribution in [2.75, 3.05) is 18.1 Å². The number of pyridine rings is 1. The maximum atomic E-state index is 11.7. The molecule has 0 amide bonds. The molecule has 0 saturated heterocycles. The van der Waals surface area contributed by atoms with Crippen LogP contribution in [0, 0.1) is 6.92 Å². The van der Waals surface area contributed by atoms with E-state index in [2.05, 4.69) is 15.0 Å². The van der Waals surface area contributed by atoms with Crippen LogP contribution >= 0.6 is 0 Å². The maximum absolute atomic E-state index is 11.7. The fourth-order valence-electron chi connectivity index (χ4n) is 1.87. The number of aromatic nitrogens is 1. The van der Waals surface area contributed by atoms with Gasteiger partial charge in [0.25, 0.3) is 0 Å². The second kappa shape index (κ2) is 6.11. The van der Waals surface area contributed by atoms with Gasteiger partial charge in [0.05, 0.1) is 28.5 Å². The fourth-order valence-corrected chi connectivity index (χ4v) is 2.64. The summed E-state index contributed by atoms with van der Waals surface area (Å²) in [6.07, 6.45) is 0. The van der Waals surface area contributed by atoms with Crippen LogP contribution in [0.3, 0.4) is 0 Å². The van der Waals surface area contributed by atoms with Crippen molar-refractivity contribution in [1.82, 2.24) is 9.71 Å². The second-order valence-electron chi connectivity index (χ2n) is 4.58. The smallest absolute Gasteiger partial charge is 0.240 e. The molecular formula is C14H18N4O2S. The maximum Gasteiger partial charge on any atom is 0.240 e. The first kappa shape index (κ1) is 15.3. The average molecular weight is 306 g/mol. The summed E-state index contributed by atoms with van der Waals surface area (Å²) in [4.78, 5) is 4.52. The van der Waals surface area contributed by atoms with Crippen molar-refractivity contribution in [3.63, 3.8) is 0 Å². The normalized spacial score (nSPS) is 11.3. The molecule has 2 aromatic rings. The van der Waals surface area contributed by atoms with Crippen LogP contribution in [-0.4, -0.2) is 20.4 Å². The van der Waals surface area contributed by atoms with Gasteiger partial charge in [-0.1, -0.05) is 6.07 Å². The lowest BCUT2D eigenvalue weighted by atomic mass is 10.2. The largest absolute Gasteiger partial charge is 0.397 e. The van der Waals surface area contributed by atoms with Gasteiger partial charge in [-0.15, -0.1) is 0 Å². The van der Waals surface area contributed by atoms with Crippen molar-refractivity contribution in [2.45, 2.75) is 18.4 Å².